The molecule has 0 saturated carbocycles. The van der Waals surface area contributed by atoms with Gasteiger partial charge in [0.05, 0.1) is 23.5 Å². The number of nitrogens with zero attached hydrogens (tertiary/aromatic N) is 3. The zero-order chi connectivity index (χ0) is 11.5. The highest BCUT2D eigenvalue weighted by molar-refractivity contribution is 5.60. The number of pyridine rings is 1. The van der Waals surface area contributed by atoms with Gasteiger partial charge in [0, 0.05) is 0 Å². The Morgan fingerprint density at radius 3 is 3.00 bits per heavy atom. The zero-order valence-corrected chi connectivity index (χ0v) is 8.10. The fourth-order valence-corrected chi connectivity index (χ4v) is 1.30. The van der Waals surface area contributed by atoms with Gasteiger partial charge >= 0.3 is 0 Å². The molecule has 0 unspecified atom stereocenters. The van der Waals surface area contributed by atoms with Gasteiger partial charge in [-0.2, -0.15) is 10.4 Å². The molecule has 0 radical (unpaired) electrons. The van der Waals surface area contributed by atoms with E-state index in [1.807, 2.05) is 6.07 Å². The van der Waals surface area contributed by atoms with Crippen molar-refractivity contribution in [3.05, 3.63) is 30.1 Å². The van der Waals surface area contributed by atoms with Crippen LogP contribution in [-0.2, 0) is 0 Å². The molecule has 16 heavy (non-hydrogen) atoms. The quantitative estimate of drug-likeness (QED) is 0.797. The Labute approximate surface area is 89.7 Å². The van der Waals surface area contributed by atoms with Crippen LogP contribution in [0.4, 0.5) is 8.78 Å². The molecule has 0 aliphatic rings. The first-order valence-corrected chi connectivity index (χ1v) is 4.49. The lowest BCUT2D eigenvalue weighted by molar-refractivity contribution is 0.0816. The Balaban J connectivity index is 2.28. The topological polar surface area (TPSA) is 50.3 Å². The number of ether oxygens (including phenoxy) is 1. The summed E-state index contributed by atoms with van der Waals surface area (Å²) in [6, 6.07) is 5.11. The lowest BCUT2D eigenvalue weighted by Gasteiger charge is -2.05. The van der Waals surface area contributed by atoms with Gasteiger partial charge in [0.15, 0.2) is 0 Å². The van der Waals surface area contributed by atoms with Crippen molar-refractivity contribution in [2.75, 3.05) is 6.61 Å². The standard InChI is InChI=1S/C10H7F2N3O/c11-10(12)6-16-8-1-2-9-7(3-13)4-14-15(9)5-8/h1-2,4-5,10H,6H2. The van der Waals surface area contributed by atoms with Crippen molar-refractivity contribution in [3.8, 4) is 11.8 Å². The summed E-state index contributed by atoms with van der Waals surface area (Å²) in [4.78, 5) is 0. The second-order valence-corrected chi connectivity index (χ2v) is 3.07. The minimum atomic E-state index is -2.51. The van der Waals surface area contributed by atoms with Crippen LogP contribution >= 0.6 is 0 Å². The first-order valence-electron chi connectivity index (χ1n) is 4.49. The molecule has 0 bridgehead atoms. The molecular formula is C10H7F2N3O. The number of halogens is 2. The fraction of sp³-hybridized carbons (Fsp3) is 0.200. The molecule has 2 aromatic rings. The molecule has 0 spiro atoms. The molecular weight excluding hydrogens is 216 g/mol. The van der Waals surface area contributed by atoms with Gasteiger partial charge in [0.2, 0.25) is 0 Å². The van der Waals surface area contributed by atoms with E-state index in [-0.39, 0.29) is 0 Å². The number of aromatic nitrogens is 2. The summed E-state index contributed by atoms with van der Waals surface area (Å²) < 4.78 is 30.0. The van der Waals surface area contributed by atoms with Crippen molar-refractivity contribution in [3.63, 3.8) is 0 Å². The van der Waals surface area contributed by atoms with Gasteiger partial charge in [-0.25, -0.2) is 13.3 Å². The Kier molecular flexibility index (Phi) is 2.68. The molecule has 82 valence electrons. The molecule has 2 aromatic heterocycles. The van der Waals surface area contributed by atoms with Crippen LogP contribution in [0.25, 0.3) is 5.52 Å². The van der Waals surface area contributed by atoms with Crippen molar-refractivity contribution in [1.82, 2.24) is 9.61 Å². The fourth-order valence-electron chi connectivity index (χ4n) is 1.30. The third kappa shape index (κ3) is 1.93. The summed E-state index contributed by atoms with van der Waals surface area (Å²) in [6.07, 6.45) is 0.355. The summed E-state index contributed by atoms with van der Waals surface area (Å²) in [5, 5.41) is 12.6. The van der Waals surface area contributed by atoms with Crippen LogP contribution in [0.5, 0.6) is 5.75 Å². The van der Waals surface area contributed by atoms with E-state index in [0.29, 0.717) is 16.8 Å². The molecule has 0 atom stereocenters. The summed E-state index contributed by atoms with van der Waals surface area (Å²) in [6.45, 7) is -0.655. The summed E-state index contributed by atoms with van der Waals surface area (Å²) in [5.74, 6) is 0.292. The smallest absolute Gasteiger partial charge is 0.272 e. The molecule has 0 aromatic carbocycles. The average Bonchev–Trinajstić information content (AvgIpc) is 2.68. The number of alkyl halides is 2. The van der Waals surface area contributed by atoms with E-state index in [0.717, 1.165) is 0 Å². The predicted octanol–water partition coefficient (Wildman–Crippen LogP) is 1.85. The van der Waals surface area contributed by atoms with E-state index in [4.69, 9.17) is 10.00 Å². The van der Waals surface area contributed by atoms with Gasteiger partial charge in [0.1, 0.15) is 18.4 Å². The number of fused-ring (bicyclic) bond motifs is 1. The maximum Gasteiger partial charge on any atom is 0.272 e. The zero-order valence-electron chi connectivity index (χ0n) is 8.10. The van der Waals surface area contributed by atoms with Crippen molar-refractivity contribution in [1.29, 1.82) is 5.26 Å². The van der Waals surface area contributed by atoms with Gasteiger partial charge in [-0.1, -0.05) is 0 Å². The molecule has 0 fully saturated rings. The van der Waals surface area contributed by atoms with Gasteiger partial charge in [-0.05, 0) is 12.1 Å². The molecule has 2 rings (SSSR count). The molecule has 6 heteroatoms. The van der Waals surface area contributed by atoms with Crippen LogP contribution in [0.3, 0.4) is 0 Å². The van der Waals surface area contributed by atoms with Crippen LogP contribution in [-0.4, -0.2) is 22.6 Å². The average molecular weight is 223 g/mol. The summed E-state index contributed by atoms with van der Waals surface area (Å²) >= 11 is 0. The van der Waals surface area contributed by atoms with E-state index in [9.17, 15) is 8.78 Å². The molecule has 0 N–H and O–H groups in total. The first-order chi connectivity index (χ1) is 7.70. The normalized spacial score (nSPS) is 10.6. The van der Waals surface area contributed by atoms with Crippen molar-refractivity contribution < 1.29 is 13.5 Å². The molecule has 4 nitrogen and oxygen atoms in total. The summed E-state index contributed by atoms with van der Waals surface area (Å²) in [7, 11) is 0. The minimum absolute atomic E-state index is 0.292. The lowest BCUT2D eigenvalue weighted by Crippen LogP contribution is -2.07. The van der Waals surface area contributed by atoms with Gasteiger partial charge in [-0.15, -0.1) is 0 Å². The number of hydrogen-bond acceptors (Lipinski definition) is 3. The molecule has 0 saturated heterocycles. The summed E-state index contributed by atoms with van der Waals surface area (Å²) in [5.41, 5.74) is 1.05. The molecule has 2 heterocycles. The van der Waals surface area contributed by atoms with Crippen molar-refractivity contribution >= 4 is 5.52 Å². The SMILES string of the molecule is N#Cc1cnn2cc(OCC(F)F)ccc12. The lowest BCUT2D eigenvalue weighted by atomic mass is 10.3. The van der Waals surface area contributed by atoms with E-state index >= 15 is 0 Å². The monoisotopic (exact) mass is 223 g/mol. The molecule has 0 aliphatic heterocycles. The van der Waals surface area contributed by atoms with Gasteiger partial charge in [0.25, 0.3) is 6.43 Å². The van der Waals surface area contributed by atoms with Crippen LogP contribution in [0.2, 0.25) is 0 Å². The number of nitriles is 1. The van der Waals surface area contributed by atoms with E-state index in [2.05, 4.69) is 5.10 Å². The largest absolute Gasteiger partial charge is 0.486 e. The molecule has 0 aliphatic carbocycles. The number of rotatable bonds is 3. The van der Waals surface area contributed by atoms with Crippen LogP contribution in [0, 0.1) is 11.3 Å². The van der Waals surface area contributed by atoms with Crippen LogP contribution < -0.4 is 4.74 Å². The minimum Gasteiger partial charge on any atom is -0.486 e. The van der Waals surface area contributed by atoms with Crippen LogP contribution in [0.15, 0.2) is 24.5 Å². The van der Waals surface area contributed by atoms with Gasteiger partial charge < -0.3 is 4.74 Å². The third-order valence-electron chi connectivity index (χ3n) is 1.99. The second kappa shape index (κ2) is 4.14. The van der Waals surface area contributed by atoms with Crippen molar-refractivity contribution in [2.24, 2.45) is 0 Å². The maximum absolute atomic E-state index is 11.9. The van der Waals surface area contributed by atoms with E-state index in [1.54, 1.807) is 6.07 Å². The highest BCUT2D eigenvalue weighted by atomic mass is 19.3. The maximum atomic E-state index is 11.9. The van der Waals surface area contributed by atoms with Crippen LogP contribution in [0.1, 0.15) is 5.56 Å². The van der Waals surface area contributed by atoms with E-state index in [1.165, 1.54) is 23.0 Å². The second-order valence-electron chi connectivity index (χ2n) is 3.07. The highest BCUT2D eigenvalue weighted by Crippen LogP contribution is 2.16. The Morgan fingerprint density at radius 1 is 1.50 bits per heavy atom. The Bertz CT molecular complexity index is 544. The van der Waals surface area contributed by atoms with Crippen molar-refractivity contribution in [2.45, 2.75) is 6.43 Å². The predicted molar refractivity (Wildman–Crippen MR) is 51.4 cm³/mol. The third-order valence-corrected chi connectivity index (χ3v) is 1.99. The van der Waals surface area contributed by atoms with Gasteiger partial charge in [-0.3, -0.25) is 0 Å². The highest BCUT2D eigenvalue weighted by Gasteiger charge is 2.06. The number of hydrogen-bond donors (Lipinski definition) is 0. The first kappa shape index (κ1) is 10.4. The Morgan fingerprint density at radius 2 is 2.31 bits per heavy atom. The molecule has 0 amide bonds. The van der Waals surface area contributed by atoms with E-state index < -0.39 is 13.0 Å². The Hall–Kier alpha value is -2.16.